The van der Waals surface area contributed by atoms with E-state index < -0.39 is 0 Å². The number of rotatable bonds is 3. The summed E-state index contributed by atoms with van der Waals surface area (Å²) < 4.78 is 1.39. The van der Waals surface area contributed by atoms with Crippen LogP contribution in [-0.4, -0.2) is 6.71 Å². The van der Waals surface area contributed by atoms with Gasteiger partial charge in [-0.25, -0.2) is 0 Å². The van der Waals surface area contributed by atoms with Gasteiger partial charge in [0, 0.05) is 33.0 Å². The second kappa shape index (κ2) is 14.0. The molecule has 7 aromatic rings. The zero-order chi connectivity index (χ0) is 44.8. The van der Waals surface area contributed by atoms with Crippen molar-refractivity contribution < 1.29 is 0 Å². The van der Waals surface area contributed by atoms with Crippen LogP contribution >= 0.6 is 11.3 Å². The van der Waals surface area contributed by atoms with E-state index in [0.29, 0.717) is 0 Å². The van der Waals surface area contributed by atoms with E-state index in [2.05, 4.69) is 222 Å². The first-order chi connectivity index (χ1) is 29.5. The Hall–Kier alpha value is -5.06. The number of nitrogens with zero attached hydrogens (tertiary/aromatic N) is 2. The summed E-state index contributed by atoms with van der Waals surface area (Å²) in [5.41, 5.74) is 21.6. The molecule has 0 bridgehead atoms. The molecule has 1 aromatic heterocycles. The van der Waals surface area contributed by atoms with Gasteiger partial charge in [-0.2, -0.15) is 0 Å². The van der Waals surface area contributed by atoms with Crippen molar-refractivity contribution in [3.8, 4) is 11.1 Å². The highest BCUT2D eigenvalue weighted by molar-refractivity contribution is 7.26. The Morgan fingerprint density at radius 3 is 1.67 bits per heavy atom. The van der Waals surface area contributed by atoms with Crippen LogP contribution < -0.4 is 26.2 Å². The fraction of sp³-hybridized carbons (Fsp3) is 0.356. The minimum absolute atomic E-state index is 0.00346. The maximum atomic E-state index is 2.69. The summed E-state index contributed by atoms with van der Waals surface area (Å²) in [5.74, 6) is 0. The zero-order valence-electron chi connectivity index (χ0n) is 40.3. The lowest BCUT2D eigenvalue weighted by molar-refractivity contribution is 0.332. The topological polar surface area (TPSA) is 6.48 Å². The Bertz CT molecular complexity index is 2960. The molecule has 0 N–H and O–H groups in total. The van der Waals surface area contributed by atoms with Crippen molar-refractivity contribution >= 4 is 78.0 Å². The van der Waals surface area contributed by atoms with E-state index in [-0.39, 0.29) is 33.8 Å². The van der Waals surface area contributed by atoms with Gasteiger partial charge in [-0.05, 0) is 162 Å². The Morgan fingerprint density at radius 1 is 0.524 bits per heavy atom. The highest BCUT2D eigenvalue weighted by atomic mass is 32.1. The molecule has 63 heavy (non-hydrogen) atoms. The van der Waals surface area contributed by atoms with Gasteiger partial charge in [0.15, 0.2) is 0 Å². The molecule has 2 nitrogen and oxygen atoms in total. The first kappa shape index (κ1) is 41.9. The summed E-state index contributed by atoms with van der Waals surface area (Å²) in [4.78, 5) is 5.27. The van der Waals surface area contributed by atoms with Crippen LogP contribution in [0, 0.1) is 6.92 Å². The van der Waals surface area contributed by atoms with Crippen molar-refractivity contribution in [1.29, 1.82) is 0 Å². The van der Waals surface area contributed by atoms with Crippen LogP contribution in [0.1, 0.15) is 136 Å². The third kappa shape index (κ3) is 6.72. The van der Waals surface area contributed by atoms with Crippen molar-refractivity contribution in [2.24, 2.45) is 0 Å². The summed E-state index contributed by atoms with van der Waals surface area (Å²) in [6.07, 6.45) is 2.39. The molecule has 0 fully saturated rings. The minimum atomic E-state index is -0.0150. The van der Waals surface area contributed by atoms with Gasteiger partial charge in [-0.15, -0.1) is 11.3 Å². The van der Waals surface area contributed by atoms with Gasteiger partial charge >= 0.3 is 0 Å². The standard InChI is InChI=1S/C59H65BN2S/c1-36-30-49-53-50(31-36)62(47-26-22-39(56(5,6)7)32-42(47)37-18-16-15-17-19-37)54-52(43-34-44-45(35-51(43)63-54)59(13,14)29-28-58(44,11)12)60(53)46-33-40(57(8,9)10)23-27-48(46)61(49)41-24-20-38(21-25-41)55(2,3)4/h15-27,30-35H,28-29H2,1-14H3. The fourth-order valence-corrected chi connectivity index (χ4v) is 12.1. The summed E-state index contributed by atoms with van der Waals surface area (Å²) in [6, 6.07) is 45.4. The number of hydrogen-bond acceptors (Lipinski definition) is 3. The first-order valence-corrected chi connectivity index (χ1v) is 24.2. The van der Waals surface area contributed by atoms with Gasteiger partial charge in [0.2, 0.25) is 0 Å². The van der Waals surface area contributed by atoms with Crippen LogP contribution in [-0.2, 0) is 27.1 Å². The number of aryl methyl sites for hydroxylation is 1. The van der Waals surface area contributed by atoms with E-state index in [1.54, 1.807) is 0 Å². The average Bonchev–Trinajstić information content (AvgIpc) is 3.59. The molecule has 10 rings (SSSR count). The summed E-state index contributed by atoms with van der Waals surface area (Å²) in [7, 11) is 0. The normalized spacial score (nSPS) is 16.4. The third-order valence-electron chi connectivity index (χ3n) is 14.8. The molecule has 0 unspecified atom stereocenters. The SMILES string of the molecule is Cc1cc2c3c(c1)N(c1ccc(C(C)(C)C)cc1-c1ccccc1)c1sc4cc5c(cc4c1B3c1cc(C(C)(C)C)ccc1N2c1ccc(C(C)(C)C)cc1)C(C)(C)CCC5(C)C. The molecule has 0 saturated carbocycles. The van der Waals surface area contributed by atoms with Crippen molar-refractivity contribution in [2.75, 3.05) is 9.80 Å². The Balaban J connectivity index is 1.35. The summed E-state index contributed by atoms with van der Waals surface area (Å²) in [5, 5.41) is 2.75. The third-order valence-corrected chi connectivity index (χ3v) is 16.0. The predicted octanol–water partition coefficient (Wildman–Crippen LogP) is 15.2. The second-order valence-electron chi connectivity index (χ2n) is 23.5. The molecular weight excluding hydrogens is 780 g/mol. The van der Waals surface area contributed by atoms with Crippen LogP contribution in [0.5, 0.6) is 0 Å². The minimum Gasteiger partial charge on any atom is -0.311 e. The van der Waals surface area contributed by atoms with Gasteiger partial charge in [-0.1, -0.05) is 151 Å². The molecule has 0 radical (unpaired) electrons. The number of benzene rings is 6. The maximum Gasteiger partial charge on any atom is 0.254 e. The van der Waals surface area contributed by atoms with E-state index in [1.165, 1.54) is 117 Å². The van der Waals surface area contributed by atoms with E-state index in [0.717, 1.165) is 0 Å². The lowest BCUT2D eigenvalue weighted by Crippen LogP contribution is -2.61. The monoisotopic (exact) mass is 844 g/mol. The van der Waals surface area contributed by atoms with Gasteiger partial charge in [0.05, 0.1) is 10.7 Å². The molecule has 0 saturated heterocycles. The summed E-state index contributed by atoms with van der Waals surface area (Å²) >= 11 is 2.01. The van der Waals surface area contributed by atoms with Gasteiger partial charge < -0.3 is 9.80 Å². The van der Waals surface area contributed by atoms with Crippen LogP contribution in [0.15, 0.2) is 115 Å². The molecule has 320 valence electrons. The largest absolute Gasteiger partial charge is 0.311 e. The Kier molecular flexibility index (Phi) is 9.30. The molecule has 0 spiro atoms. The molecule has 1 aliphatic carbocycles. The highest BCUT2D eigenvalue weighted by Gasteiger charge is 2.47. The van der Waals surface area contributed by atoms with Crippen LogP contribution in [0.4, 0.5) is 33.4 Å². The molecule has 4 heteroatoms. The van der Waals surface area contributed by atoms with Crippen LogP contribution in [0.3, 0.4) is 0 Å². The van der Waals surface area contributed by atoms with E-state index in [4.69, 9.17) is 0 Å². The number of anilines is 6. The maximum absolute atomic E-state index is 2.69. The van der Waals surface area contributed by atoms with Crippen molar-refractivity contribution in [3.63, 3.8) is 0 Å². The van der Waals surface area contributed by atoms with Crippen molar-refractivity contribution in [1.82, 2.24) is 0 Å². The van der Waals surface area contributed by atoms with Gasteiger partial charge in [-0.3, -0.25) is 0 Å². The molecule has 6 aromatic carbocycles. The number of hydrogen-bond donors (Lipinski definition) is 0. The van der Waals surface area contributed by atoms with E-state index >= 15 is 0 Å². The van der Waals surface area contributed by atoms with Crippen LogP contribution in [0.2, 0.25) is 0 Å². The zero-order valence-corrected chi connectivity index (χ0v) is 41.1. The van der Waals surface area contributed by atoms with E-state index in [9.17, 15) is 0 Å². The molecular formula is C59H65BN2S. The molecule has 0 amide bonds. The average molecular weight is 845 g/mol. The summed E-state index contributed by atoms with van der Waals surface area (Å²) in [6.45, 7) is 33.2. The molecule has 0 atom stereocenters. The molecule has 3 heterocycles. The lowest BCUT2D eigenvalue weighted by Gasteiger charge is -2.44. The van der Waals surface area contributed by atoms with Crippen LogP contribution in [0.25, 0.3) is 21.2 Å². The molecule has 3 aliphatic rings. The first-order valence-electron chi connectivity index (χ1n) is 23.3. The van der Waals surface area contributed by atoms with E-state index in [1.807, 2.05) is 11.3 Å². The smallest absolute Gasteiger partial charge is 0.254 e. The quantitative estimate of drug-likeness (QED) is 0.164. The number of thiophene rings is 1. The van der Waals surface area contributed by atoms with Gasteiger partial charge in [0.25, 0.3) is 6.71 Å². The lowest BCUT2D eigenvalue weighted by atomic mass is 9.33. The van der Waals surface area contributed by atoms with Gasteiger partial charge in [0.1, 0.15) is 0 Å². The van der Waals surface area contributed by atoms with Crippen molar-refractivity contribution in [3.05, 3.63) is 149 Å². The second-order valence-corrected chi connectivity index (χ2v) is 24.5. The van der Waals surface area contributed by atoms with Crippen molar-refractivity contribution in [2.45, 2.75) is 137 Å². The molecule has 2 aliphatic heterocycles. The predicted molar refractivity (Wildman–Crippen MR) is 277 cm³/mol. The highest BCUT2D eigenvalue weighted by Crippen LogP contribution is 2.53. The Morgan fingerprint density at radius 2 is 1.06 bits per heavy atom. The fourth-order valence-electron chi connectivity index (χ4n) is 10.9. The number of fused-ring (bicyclic) bond motifs is 7. The Labute approximate surface area is 382 Å².